The van der Waals surface area contributed by atoms with E-state index < -0.39 is 0 Å². The Kier molecular flexibility index (Phi) is 2.56. The monoisotopic (exact) mass is 195 g/mol. The minimum absolute atomic E-state index is 0.457. The number of nitrogen functional groups attached to an aromatic ring is 1. The van der Waals surface area contributed by atoms with Crippen LogP contribution in [0, 0.1) is 5.92 Å². The molecule has 0 aliphatic heterocycles. The van der Waals surface area contributed by atoms with Crippen molar-refractivity contribution in [2.45, 2.75) is 25.7 Å². The zero-order valence-electron chi connectivity index (χ0n) is 8.53. The van der Waals surface area contributed by atoms with Gasteiger partial charge in [-0.05, 0) is 18.8 Å². The zero-order chi connectivity index (χ0) is 9.97. The summed E-state index contributed by atoms with van der Waals surface area (Å²) in [6.07, 6.45) is 5.40. The summed E-state index contributed by atoms with van der Waals surface area (Å²) in [7, 11) is 1.87. The Balaban J connectivity index is 1.88. The van der Waals surface area contributed by atoms with Gasteiger partial charge >= 0.3 is 0 Å². The van der Waals surface area contributed by atoms with Crippen LogP contribution in [0.1, 0.15) is 25.7 Å². The van der Waals surface area contributed by atoms with Gasteiger partial charge in [-0.3, -0.25) is 4.57 Å². The molecule has 78 valence electrons. The number of nitrogens with two attached hydrogens (primary N) is 1. The molecule has 2 rings (SSSR count). The van der Waals surface area contributed by atoms with Crippen LogP contribution in [0.25, 0.3) is 0 Å². The lowest BCUT2D eigenvalue weighted by molar-refractivity contribution is 0.576. The molecule has 0 unspecified atom stereocenters. The molecule has 1 aliphatic carbocycles. The molecule has 0 radical (unpaired) electrons. The second-order valence-corrected chi connectivity index (χ2v) is 3.97. The van der Waals surface area contributed by atoms with E-state index in [2.05, 4.69) is 15.5 Å². The quantitative estimate of drug-likeness (QED) is 0.755. The molecule has 1 aromatic heterocycles. The van der Waals surface area contributed by atoms with Gasteiger partial charge in [0.15, 0.2) is 0 Å². The highest BCUT2D eigenvalue weighted by Crippen LogP contribution is 2.24. The van der Waals surface area contributed by atoms with E-state index in [9.17, 15) is 0 Å². The first-order valence-electron chi connectivity index (χ1n) is 5.16. The van der Waals surface area contributed by atoms with E-state index in [1.807, 2.05) is 7.05 Å². The number of hydrogen-bond donors (Lipinski definition) is 2. The first-order chi connectivity index (χ1) is 6.77. The van der Waals surface area contributed by atoms with Crippen LogP contribution >= 0.6 is 0 Å². The highest BCUT2D eigenvalue weighted by molar-refractivity contribution is 5.32. The average molecular weight is 195 g/mol. The van der Waals surface area contributed by atoms with Crippen molar-refractivity contribution < 1.29 is 0 Å². The lowest BCUT2D eigenvalue weighted by Crippen LogP contribution is -2.14. The summed E-state index contributed by atoms with van der Waals surface area (Å²) in [5.74, 6) is 2.03. The lowest BCUT2D eigenvalue weighted by Gasteiger charge is -2.10. The number of rotatable bonds is 3. The molecule has 1 heterocycles. The average Bonchev–Trinajstić information content (AvgIpc) is 2.77. The normalized spacial score (nSPS) is 17.5. The molecule has 1 fully saturated rings. The Labute approximate surface area is 83.7 Å². The maximum absolute atomic E-state index is 5.57. The van der Waals surface area contributed by atoms with Gasteiger partial charge in [0.1, 0.15) is 0 Å². The second-order valence-electron chi connectivity index (χ2n) is 3.97. The molecule has 14 heavy (non-hydrogen) atoms. The van der Waals surface area contributed by atoms with E-state index in [-0.39, 0.29) is 0 Å². The van der Waals surface area contributed by atoms with Gasteiger partial charge in [0.2, 0.25) is 11.9 Å². The summed E-state index contributed by atoms with van der Waals surface area (Å²) in [5, 5.41) is 11.0. The van der Waals surface area contributed by atoms with Crippen molar-refractivity contribution in [1.29, 1.82) is 0 Å². The van der Waals surface area contributed by atoms with Crippen LogP contribution in [0.15, 0.2) is 0 Å². The smallest absolute Gasteiger partial charge is 0.225 e. The molecule has 3 N–H and O–H groups in total. The van der Waals surface area contributed by atoms with E-state index >= 15 is 0 Å². The van der Waals surface area contributed by atoms with E-state index in [0.717, 1.165) is 18.4 Å². The molecule has 5 nitrogen and oxygen atoms in total. The lowest BCUT2D eigenvalue weighted by atomic mass is 10.1. The maximum atomic E-state index is 5.57. The van der Waals surface area contributed by atoms with Gasteiger partial charge in [-0.25, -0.2) is 0 Å². The van der Waals surface area contributed by atoms with Crippen molar-refractivity contribution >= 4 is 11.9 Å². The van der Waals surface area contributed by atoms with Crippen LogP contribution in [-0.2, 0) is 7.05 Å². The van der Waals surface area contributed by atoms with Crippen LogP contribution in [0.4, 0.5) is 11.9 Å². The fourth-order valence-corrected chi connectivity index (χ4v) is 1.95. The largest absolute Gasteiger partial charge is 0.368 e. The molecule has 5 heteroatoms. The third kappa shape index (κ3) is 1.81. The van der Waals surface area contributed by atoms with Gasteiger partial charge in [0.05, 0.1) is 0 Å². The van der Waals surface area contributed by atoms with Crippen molar-refractivity contribution in [3.63, 3.8) is 0 Å². The van der Waals surface area contributed by atoms with E-state index in [1.165, 1.54) is 25.7 Å². The summed E-state index contributed by atoms with van der Waals surface area (Å²) in [5.41, 5.74) is 5.57. The van der Waals surface area contributed by atoms with Crippen molar-refractivity contribution in [1.82, 2.24) is 14.8 Å². The predicted octanol–water partition coefficient (Wildman–Crippen LogP) is 0.999. The highest BCUT2D eigenvalue weighted by Gasteiger charge is 2.15. The molecule has 0 aromatic carbocycles. The van der Waals surface area contributed by atoms with Gasteiger partial charge in [-0.1, -0.05) is 12.8 Å². The Bertz CT molecular complexity index is 300. The van der Waals surface area contributed by atoms with Gasteiger partial charge in [0, 0.05) is 13.6 Å². The van der Waals surface area contributed by atoms with E-state index in [1.54, 1.807) is 4.57 Å². The first kappa shape index (κ1) is 9.30. The van der Waals surface area contributed by atoms with Crippen LogP contribution in [0.2, 0.25) is 0 Å². The second kappa shape index (κ2) is 3.86. The van der Waals surface area contributed by atoms with Crippen molar-refractivity contribution in [2.24, 2.45) is 13.0 Å². The van der Waals surface area contributed by atoms with Crippen molar-refractivity contribution in [3.8, 4) is 0 Å². The van der Waals surface area contributed by atoms with Crippen LogP contribution in [-0.4, -0.2) is 21.3 Å². The molecule has 0 spiro atoms. The molecular formula is C9H17N5. The third-order valence-electron chi connectivity index (χ3n) is 2.93. The van der Waals surface area contributed by atoms with Gasteiger partial charge in [0.25, 0.3) is 0 Å². The Morgan fingerprint density at radius 1 is 1.43 bits per heavy atom. The predicted molar refractivity (Wildman–Crippen MR) is 55.9 cm³/mol. The van der Waals surface area contributed by atoms with Crippen LogP contribution in [0.3, 0.4) is 0 Å². The van der Waals surface area contributed by atoms with Crippen LogP contribution < -0.4 is 11.1 Å². The third-order valence-corrected chi connectivity index (χ3v) is 2.93. The van der Waals surface area contributed by atoms with E-state index in [4.69, 9.17) is 5.73 Å². The molecular weight excluding hydrogens is 178 g/mol. The van der Waals surface area contributed by atoms with Crippen molar-refractivity contribution in [2.75, 3.05) is 17.6 Å². The zero-order valence-corrected chi connectivity index (χ0v) is 8.53. The highest BCUT2D eigenvalue weighted by atomic mass is 15.4. The van der Waals surface area contributed by atoms with Crippen LogP contribution in [0.5, 0.6) is 0 Å². The molecule has 0 atom stereocenters. The molecule has 1 aromatic rings. The summed E-state index contributed by atoms with van der Waals surface area (Å²) in [6.45, 7) is 0.992. The Morgan fingerprint density at radius 3 is 2.71 bits per heavy atom. The fraction of sp³-hybridized carbons (Fsp3) is 0.778. The topological polar surface area (TPSA) is 68.8 Å². The molecule has 0 bridgehead atoms. The number of anilines is 2. The first-order valence-corrected chi connectivity index (χ1v) is 5.16. The summed E-state index contributed by atoms with van der Waals surface area (Å²) < 4.78 is 1.77. The number of nitrogens with zero attached hydrogens (tertiary/aromatic N) is 3. The van der Waals surface area contributed by atoms with E-state index in [0.29, 0.717) is 5.95 Å². The Morgan fingerprint density at radius 2 is 2.14 bits per heavy atom. The molecule has 0 amide bonds. The van der Waals surface area contributed by atoms with Gasteiger partial charge in [-0.2, -0.15) is 0 Å². The molecule has 1 saturated carbocycles. The molecule has 1 aliphatic rings. The number of aromatic nitrogens is 3. The number of hydrogen-bond acceptors (Lipinski definition) is 4. The summed E-state index contributed by atoms with van der Waals surface area (Å²) in [6, 6.07) is 0. The van der Waals surface area contributed by atoms with Gasteiger partial charge < -0.3 is 11.1 Å². The SMILES string of the molecule is Cn1c(N)nnc1NCC1CCCC1. The van der Waals surface area contributed by atoms with Crippen molar-refractivity contribution in [3.05, 3.63) is 0 Å². The maximum Gasteiger partial charge on any atom is 0.225 e. The summed E-state index contributed by atoms with van der Waals surface area (Å²) in [4.78, 5) is 0. The fourth-order valence-electron chi connectivity index (χ4n) is 1.95. The molecule has 0 saturated heterocycles. The summed E-state index contributed by atoms with van der Waals surface area (Å²) >= 11 is 0. The van der Waals surface area contributed by atoms with Gasteiger partial charge in [-0.15, -0.1) is 10.2 Å². The standard InChI is InChI=1S/C9H17N5/c1-14-8(10)12-13-9(14)11-6-7-4-2-3-5-7/h7H,2-6H2,1H3,(H2,10,12)(H,11,13). The number of nitrogens with one attached hydrogen (secondary N) is 1. The minimum Gasteiger partial charge on any atom is -0.368 e. The minimum atomic E-state index is 0.457. The Hall–Kier alpha value is -1.26.